The van der Waals surface area contributed by atoms with E-state index in [0.717, 1.165) is 28.1 Å². The first-order valence-corrected chi connectivity index (χ1v) is 6.33. The Labute approximate surface area is 111 Å². The monoisotopic (exact) mass is 255 g/mol. The Morgan fingerprint density at radius 3 is 2.84 bits per heavy atom. The number of aromatic amines is 1. The van der Waals surface area contributed by atoms with E-state index in [1.165, 1.54) is 0 Å². The molecule has 0 aliphatic rings. The molecule has 0 fully saturated rings. The van der Waals surface area contributed by atoms with Crippen LogP contribution in [-0.2, 0) is 5.54 Å². The van der Waals surface area contributed by atoms with Crippen LogP contribution in [0, 0.1) is 0 Å². The molecule has 0 spiro atoms. The van der Waals surface area contributed by atoms with Crippen molar-refractivity contribution in [2.75, 3.05) is 7.05 Å². The van der Waals surface area contributed by atoms with E-state index in [4.69, 9.17) is 4.42 Å². The second-order valence-electron chi connectivity index (χ2n) is 5.17. The average Bonchev–Trinajstić information content (AvgIpc) is 3.05. The molecule has 2 aromatic heterocycles. The lowest BCUT2D eigenvalue weighted by Crippen LogP contribution is -2.34. The zero-order chi connectivity index (χ0) is 13.5. The van der Waals surface area contributed by atoms with Crippen molar-refractivity contribution in [2.45, 2.75) is 19.4 Å². The number of para-hydroxylation sites is 1. The molecule has 0 aliphatic carbocycles. The van der Waals surface area contributed by atoms with Gasteiger partial charge in [0.1, 0.15) is 17.7 Å². The molecule has 0 radical (unpaired) electrons. The summed E-state index contributed by atoms with van der Waals surface area (Å²) in [6.07, 6.45) is 3.63. The van der Waals surface area contributed by atoms with Gasteiger partial charge in [0.05, 0.1) is 17.4 Å². The van der Waals surface area contributed by atoms with E-state index < -0.39 is 0 Å². The summed E-state index contributed by atoms with van der Waals surface area (Å²) in [5.41, 5.74) is 2.73. The number of nitrogens with zero attached hydrogens (tertiary/aromatic N) is 1. The van der Waals surface area contributed by atoms with E-state index in [-0.39, 0.29) is 5.54 Å². The van der Waals surface area contributed by atoms with Crippen molar-refractivity contribution in [2.24, 2.45) is 0 Å². The van der Waals surface area contributed by atoms with Crippen LogP contribution in [0.3, 0.4) is 0 Å². The zero-order valence-corrected chi connectivity index (χ0v) is 11.3. The molecule has 1 aromatic carbocycles. The molecular formula is C15H17N3O. The fourth-order valence-corrected chi connectivity index (χ4v) is 2.08. The molecule has 0 saturated heterocycles. The van der Waals surface area contributed by atoms with Gasteiger partial charge in [0, 0.05) is 10.9 Å². The molecule has 3 aromatic rings. The van der Waals surface area contributed by atoms with Gasteiger partial charge in [-0.1, -0.05) is 18.2 Å². The van der Waals surface area contributed by atoms with Gasteiger partial charge in [0.15, 0.2) is 0 Å². The van der Waals surface area contributed by atoms with Gasteiger partial charge in [0.2, 0.25) is 0 Å². The van der Waals surface area contributed by atoms with E-state index in [0.29, 0.717) is 0 Å². The molecule has 0 aliphatic heterocycles. The van der Waals surface area contributed by atoms with E-state index in [9.17, 15) is 0 Å². The molecule has 0 amide bonds. The van der Waals surface area contributed by atoms with Gasteiger partial charge in [-0.2, -0.15) is 0 Å². The van der Waals surface area contributed by atoms with Gasteiger partial charge in [0.25, 0.3) is 0 Å². The first kappa shape index (κ1) is 12.0. The summed E-state index contributed by atoms with van der Waals surface area (Å²) >= 11 is 0. The van der Waals surface area contributed by atoms with Crippen molar-refractivity contribution < 1.29 is 4.42 Å². The molecular weight excluding hydrogens is 238 g/mol. The van der Waals surface area contributed by atoms with Gasteiger partial charge >= 0.3 is 0 Å². The summed E-state index contributed by atoms with van der Waals surface area (Å²) < 4.78 is 5.56. The molecule has 19 heavy (non-hydrogen) atoms. The maximum atomic E-state index is 5.56. The van der Waals surface area contributed by atoms with Crippen LogP contribution in [0.4, 0.5) is 0 Å². The van der Waals surface area contributed by atoms with Crippen LogP contribution in [-0.4, -0.2) is 17.0 Å². The predicted octanol–water partition coefficient (Wildman–Crippen LogP) is 3.28. The van der Waals surface area contributed by atoms with Crippen molar-refractivity contribution in [3.63, 3.8) is 0 Å². The second kappa shape index (κ2) is 4.24. The van der Waals surface area contributed by atoms with Crippen molar-refractivity contribution in [1.29, 1.82) is 0 Å². The number of benzene rings is 1. The summed E-state index contributed by atoms with van der Waals surface area (Å²) in [6, 6.07) is 8.00. The Morgan fingerprint density at radius 2 is 2.05 bits per heavy atom. The zero-order valence-electron chi connectivity index (χ0n) is 11.3. The minimum absolute atomic E-state index is 0.183. The normalized spacial score (nSPS) is 12.2. The molecule has 2 heterocycles. The van der Waals surface area contributed by atoms with Gasteiger partial charge in [-0.25, -0.2) is 4.98 Å². The second-order valence-corrected chi connectivity index (χ2v) is 5.17. The highest BCUT2D eigenvalue weighted by atomic mass is 16.3. The minimum atomic E-state index is -0.183. The van der Waals surface area contributed by atoms with Crippen LogP contribution in [0.1, 0.15) is 19.7 Å². The van der Waals surface area contributed by atoms with Crippen LogP contribution in [0.2, 0.25) is 0 Å². The van der Waals surface area contributed by atoms with E-state index in [1.54, 1.807) is 6.26 Å². The van der Waals surface area contributed by atoms with Gasteiger partial charge in [-0.3, -0.25) is 0 Å². The predicted molar refractivity (Wildman–Crippen MR) is 75.9 cm³/mol. The van der Waals surface area contributed by atoms with Crippen molar-refractivity contribution in [3.8, 4) is 11.3 Å². The van der Waals surface area contributed by atoms with Gasteiger partial charge < -0.3 is 14.7 Å². The molecule has 0 bridgehead atoms. The molecule has 0 unspecified atom stereocenters. The molecule has 4 heteroatoms. The maximum Gasteiger partial charge on any atom is 0.134 e. The number of H-pyrrole nitrogens is 1. The largest absolute Gasteiger partial charge is 0.464 e. The standard InChI is InChI=1S/C15H17N3O/c1-15(2,16-3)14-17-8-12(18-14)11-9-19-13-7-5-4-6-10(11)13/h4-9,16H,1-3H3,(H,17,18). The summed E-state index contributed by atoms with van der Waals surface area (Å²) in [6.45, 7) is 4.17. The maximum absolute atomic E-state index is 5.56. The van der Waals surface area contributed by atoms with Crippen molar-refractivity contribution in [3.05, 3.63) is 42.5 Å². The SMILES string of the molecule is CNC(C)(C)c1ncc(-c2coc3ccccc23)[nH]1. The topological polar surface area (TPSA) is 53.9 Å². The number of aromatic nitrogens is 2. The van der Waals surface area contributed by atoms with Crippen molar-refractivity contribution in [1.82, 2.24) is 15.3 Å². The Bertz CT molecular complexity index is 709. The lowest BCUT2D eigenvalue weighted by atomic mass is 10.1. The molecule has 2 N–H and O–H groups in total. The van der Waals surface area contributed by atoms with Crippen LogP contribution in [0.5, 0.6) is 0 Å². The van der Waals surface area contributed by atoms with E-state index >= 15 is 0 Å². The molecule has 3 rings (SSSR count). The van der Waals surface area contributed by atoms with E-state index in [2.05, 4.69) is 35.2 Å². The summed E-state index contributed by atoms with van der Waals surface area (Å²) in [7, 11) is 1.93. The number of hydrogen-bond donors (Lipinski definition) is 2. The van der Waals surface area contributed by atoms with Gasteiger partial charge in [-0.05, 0) is 27.0 Å². The summed E-state index contributed by atoms with van der Waals surface area (Å²) in [5, 5.41) is 4.33. The number of fused-ring (bicyclic) bond motifs is 1. The third-order valence-electron chi connectivity index (χ3n) is 3.56. The molecule has 0 atom stereocenters. The van der Waals surface area contributed by atoms with Crippen molar-refractivity contribution >= 4 is 11.0 Å². The summed E-state index contributed by atoms with van der Waals surface area (Å²) in [5.74, 6) is 0.912. The highest BCUT2D eigenvalue weighted by molar-refractivity contribution is 5.92. The Hall–Kier alpha value is -2.07. The lowest BCUT2D eigenvalue weighted by Gasteiger charge is -2.20. The fraction of sp³-hybridized carbons (Fsp3) is 0.267. The van der Waals surface area contributed by atoms with Gasteiger partial charge in [-0.15, -0.1) is 0 Å². The number of rotatable bonds is 3. The third kappa shape index (κ3) is 1.94. The molecule has 4 nitrogen and oxygen atoms in total. The Kier molecular flexibility index (Phi) is 2.68. The number of imidazole rings is 1. The van der Waals surface area contributed by atoms with Crippen LogP contribution < -0.4 is 5.32 Å². The minimum Gasteiger partial charge on any atom is -0.464 e. The first-order chi connectivity index (χ1) is 9.12. The quantitative estimate of drug-likeness (QED) is 0.755. The number of nitrogens with one attached hydrogen (secondary N) is 2. The highest BCUT2D eigenvalue weighted by Gasteiger charge is 2.22. The van der Waals surface area contributed by atoms with E-state index in [1.807, 2.05) is 31.4 Å². The number of furan rings is 1. The Morgan fingerprint density at radius 1 is 1.26 bits per heavy atom. The average molecular weight is 255 g/mol. The van der Waals surface area contributed by atoms with Crippen LogP contribution in [0.25, 0.3) is 22.2 Å². The fourth-order valence-electron chi connectivity index (χ4n) is 2.08. The third-order valence-corrected chi connectivity index (χ3v) is 3.56. The first-order valence-electron chi connectivity index (χ1n) is 6.33. The lowest BCUT2D eigenvalue weighted by molar-refractivity contribution is 0.421. The van der Waals surface area contributed by atoms with Crippen LogP contribution in [0.15, 0.2) is 41.1 Å². The highest BCUT2D eigenvalue weighted by Crippen LogP contribution is 2.30. The van der Waals surface area contributed by atoms with Crippen LogP contribution >= 0.6 is 0 Å². The molecule has 0 saturated carbocycles. The molecule has 98 valence electrons. The smallest absolute Gasteiger partial charge is 0.134 e. The summed E-state index contributed by atoms with van der Waals surface area (Å²) in [4.78, 5) is 7.83. The Balaban J connectivity index is 2.08. The number of hydrogen-bond acceptors (Lipinski definition) is 3.